The van der Waals surface area contributed by atoms with Crippen LogP contribution in [0.2, 0.25) is 0 Å². The van der Waals surface area contributed by atoms with Crippen LogP contribution in [0.3, 0.4) is 0 Å². The number of terminal acetylenes is 1. The normalized spacial score (nSPS) is 30.3. The Hall–Kier alpha value is -0.850. The van der Waals surface area contributed by atoms with Crippen LogP contribution in [-0.2, 0) is 31.6 Å². The van der Waals surface area contributed by atoms with Crippen molar-refractivity contribution in [1.82, 2.24) is 9.55 Å². The number of ether oxygens (including phenoxy) is 1. The fourth-order valence-corrected chi connectivity index (χ4v) is 5.82. The van der Waals surface area contributed by atoms with Gasteiger partial charge in [0.2, 0.25) is 4.77 Å². The highest BCUT2D eigenvalue weighted by atomic mass is 32.1. The van der Waals surface area contributed by atoms with Gasteiger partial charge in [-0.2, -0.15) is 8.62 Å². The molecule has 0 spiro atoms. The van der Waals surface area contributed by atoms with Gasteiger partial charge in [0.15, 0.2) is 11.8 Å². The van der Waals surface area contributed by atoms with Gasteiger partial charge in [-0.05, 0) is 25.2 Å². The van der Waals surface area contributed by atoms with Crippen LogP contribution in [0.15, 0.2) is 12.3 Å². The quantitative estimate of drug-likeness (QED) is 0.149. The van der Waals surface area contributed by atoms with E-state index in [0.29, 0.717) is 5.69 Å². The predicted octanol–water partition coefficient (Wildman–Crippen LogP) is -0.113. The molecule has 2 heterocycles. The van der Waals surface area contributed by atoms with E-state index < -0.39 is 54.1 Å². The second-order valence-corrected chi connectivity index (χ2v) is 10.9. The maximum Gasteiger partial charge on any atom is 0.490 e. The van der Waals surface area contributed by atoms with Crippen molar-refractivity contribution in [2.24, 2.45) is 0 Å². The van der Waals surface area contributed by atoms with Crippen LogP contribution in [0.25, 0.3) is 0 Å². The molecule has 0 aromatic carbocycles. The number of nitrogens with zero attached hydrogens (tertiary/aromatic N) is 2. The van der Waals surface area contributed by atoms with E-state index >= 15 is 0 Å². The van der Waals surface area contributed by atoms with Crippen molar-refractivity contribution in [3.8, 4) is 12.3 Å². The number of hydrogen-bond donors (Lipinski definition) is 6. The van der Waals surface area contributed by atoms with E-state index in [1.165, 1.54) is 12.3 Å². The summed E-state index contributed by atoms with van der Waals surface area (Å²) >= 11 is 5.06. The molecule has 1 aliphatic heterocycles. The third-order valence-electron chi connectivity index (χ3n) is 3.77. The Labute approximate surface area is 179 Å². The molecule has 0 radical (unpaired) electrons. The highest BCUT2D eigenvalue weighted by molar-refractivity contribution is 7.71. The Balaban J connectivity index is 2.21. The number of phosphoric acid groups is 3. The maximum atomic E-state index is 11.9. The molecule has 1 fully saturated rings. The van der Waals surface area contributed by atoms with E-state index in [0.717, 1.165) is 4.57 Å². The lowest BCUT2D eigenvalue weighted by Gasteiger charge is -2.27. The first kappa shape index (κ1) is 26.4. The lowest BCUT2D eigenvalue weighted by molar-refractivity contribution is -0.0914. The van der Waals surface area contributed by atoms with Crippen LogP contribution < -0.4 is 0 Å². The molecule has 0 aliphatic carbocycles. The molecular weight excluding hydrogens is 505 g/mol. The highest BCUT2D eigenvalue weighted by Crippen LogP contribution is 2.66. The molecule has 15 nitrogen and oxygen atoms in total. The number of rotatable bonds is 8. The number of phosphoric ester groups is 1. The van der Waals surface area contributed by atoms with Gasteiger partial charge in [-0.1, -0.05) is 5.92 Å². The molecular formula is C12H17N2O13P3S. The monoisotopic (exact) mass is 522 g/mol. The summed E-state index contributed by atoms with van der Waals surface area (Å²) in [6, 6.07) is 1.51. The fraction of sp³-hybridized carbons (Fsp3) is 0.500. The number of aliphatic hydroxyl groups excluding tert-OH is 2. The van der Waals surface area contributed by atoms with Crippen LogP contribution in [0, 0.1) is 24.0 Å². The van der Waals surface area contributed by atoms with Gasteiger partial charge in [0, 0.05) is 11.9 Å². The molecule has 1 aliphatic rings. The van der Waals surface area contributed by atoms with Crippen LogP contribution >= 0.6 is 35.7 Å². The van der Waals surface area contributed by atoms with Gasteiger partial charge in [0.25, 0.3) is 0 Å². The van der Waals surface area contributed by atoms with Gasteiger partial charge in [0.05, 0.1) is 0 Å². The minimum atomic E-state index is -5.76. The third-order valence-corrected chi connectivity index (χ3v) is 7.85. The standard InChI is InChI=1S/C12H17N2O13P3S/c1-3-12(6-24-29(20,21)27-30(22,23)26-28(17,18)19)9(16)8(15)10(25-12)14-5-4-7(2)13-11(14)31/h1,4-5,8-10,15-16H,6H2,2H3,(H,20,21)(H,22,23)(H2,17,18,19). The lowest BCUT2D eigenvalue weighted by atomic mass is 9.97. The number of hydrogen-bond acceptors (Lipinski definition) is 11. The van der Waals surface area contributed by atoms with E-state index in [4.69, 9.17) is 38.1 Å². The topological polar surface area (TPSA) is 227 Å². The van der Waals surface area contributed by atoms with E-state index in [9.17, 15) is 28.8 Å². The second-order valence-electron chi connectivity index (χ2n) is 6.10. The summed E-state index contributed by atoms with van der Waals surface area (Å²) < 4.78 is 52.1. The van der Waals surface area contributed by atoms with Crippen molar-refractivity contribution in [1.29, 1.82) is 0 Å². The van der Waals surface area contributed by atoms with E-state index in [-0.39, 0.29) is 4.77 Å². The zero-order valence-corrected chi connectivity index (χ0v) is 18.9. The third kappa shape index (κ3) is 6.58. The molecule has 1 aromatic heterocycles. The van der Waals surface area contributed by atoms with E-state index in [2.05, 4.69) is 18.1 Å². The zero-order valence-electron chi connectivity index (χ0n) is 15.4. The number of aliphatic hydroxyl groups is 2. The van der Waals surface area contributed by atoms with Crippen molar-refractivity contribution in [2.75, 3.05) is 6.61 Å². The van der Waals surface area contributed by atoms with Crippen molar-refractivity contribution in [2.45, 2.75) is 31.0 Å². The molecule has 174 valence electrons. The molecule has 31 heavy (non-hydrogen) atoms. The SMILES string of the molecule is C#CC1(COP(=O)(O)OP(=O)(O)OP(=O)(O)O)OC(n2ccc(C)nc2=S)C(O)C1O. The summed E-state index contributed by atoms with van der Waals surface area (Å²) in [5, 5.41) is 20.7. The molecule has 0 saturated carbocycles. The average Bonchev–Trinajstić information content (AvgIpc) is 2.82. The first-order valence-electron chi connectivity index (χ1n) is 7.87. The Morgan fingerprint density at radius 2 is 1.87 bits per heavy atom. The van der Waals surface area contributed by atoms with Crippen LogP contribution in [0.4, 0.5) is 0 Å². The summed E-state index contributed by atoms with van der Waals surface area (Å²) in [5.74, 6) is 1.96. The van der Waals surface area contributed by atoms with Gasteiger partial charge in [-0.3, -0.25) is 9.09 Å². The first-order chi connectivity index (χ1) is 14.0. The van der Waals surface area contributed by atoms with E-state index in [1.54, 1.807) is 6.92 Å². The molecule has 0 bridgehead atoms. The van der Waals surface area contributed by atoms with Crippen LogP contribution in [0.5, 0.6) is 0 Å². The highest BCUT2D eigenvalue weighted by Gasteiger charge is 2.56. The van der Waals surface area contributed by atoms with Crippen molar-refractivity contribution in [3.63, 3.8) is 0 Å². The van der Waals surface area contributed by atoms with E-state index in [1.807, 2.05) is 5.92 Å². The second kappa shape index (κ2) is 9.18. The maximum absolute atomic E-state index is 11.9. The summed E-state index contributed by atoms with van der Waals surface area (Å²) in [6.45, 7) is 0.476. The predicted molar refractivity (Wildman–Crippen MR) is 101 cm³/mol. The molecule has 0 amide bonds. The smallest absolute Gasteiger partial charge is 0.386 e. The van der Waals surface area contributed by atoms with Gasteiger partial charge < -0.3 is 34.5 Å². The molecule has 6 unspecified atom stereocenters. The van der Waals surface area contributed by atoms with Gasteiger partial charge in [-0.25, -0.2) is 18.7 Å². The Morgan fingerprint density at radius 1 is 1.26 bits per heavy atom. The van der Waals surface area contributed by atoms with Crippen molar-refractivity contribution < 1.29 is 61.4 Å². The zero-order chi connectivity index (χ0) is 23.8. The molecule has 6 N–H and O–H groups in total. The lowest BCUT2D eigenvalue weighted by Crippen LogP contribution is -2.45. The first-order valence-corrected chi connectivity index (χ1v) is 12.8. The minimum absolute atomic E-state index is 0.0445. The summed E-state index contributed by atoms with van der Waals surface area (Å²) in [6.07, 6.45) is 1.72. The van der Waals surface area contributed by atoms with Gasteiger partial charge >= 0.3 is 23.5 Å². The summed E-state index contributed by atoms with van der Waals surface area (Å²) in [5.41, 5.74) is -1.72. The summed E-state index contributed by atoms with van der Waals surface area (Å²) in [7, 11) is -16.9. The minimum Gasteiger partial charge on any atom is -0.386 e. The number of aryl methyl sites for hydroxylation is 1. The summed E-state index contributed by atoms with van der Waals surface area (Å²) in [4.78, 5) is 39.7. The average molecular weight is 522 g/mol. The number of aromatic nitrogens is 2. The van der Waals surface area contributed by atoms with Crippen LogP contribution in [0.1, 0.15) is 11.9 Å². The molecule has 6 atom stereocenters. The molecule has 1 saturated heterocycles. The van der Waals surface area contributed by atoms with Crippen molar-refractivity contribution in [3.05, 3.63) is 22.7 Å². The van der Waals surface area contributed by atoms with Crippen LogP contribution in [-0.4, -0.2) is 63.8 Å². The van der Waals surface area contributed by atoms with Crippen molar-refractivity contribution >= 4 is 35.7 Å². The fourth-order valence-electron chi connectivity index (χ4n) is 2.46. The Morgan fingerprint density at radius 3 is 2.39 bits per heavy atom. The Bertz CT molecular complexity index is 1080. The largest absolute Gasteiger partial charge is 0.490 e. The molecule has 19 heteroatoms. The molecule has 1 aromatic rings. The Kier molecular flexibility index (Phi) is 7.82. The van der Waals surface area contributed by atoms with Gasteiger partial charge in [-0.15, -0.1) is 6.42 Å². The molecule has 2 rings (SSSR count). The van der Waals surface area contributed by atoms with Gasteiger partial charge in [0.1, 0.15) is 18.8 Å².